The molecule has 0 aliphatic rings. The summed E-state index contributed by atoms with van der Waals surface area (Å²) >= 11 is 0. The van der Waals surface area contributed by atoms with Crippen LogP contribution >= 0.6 is 0 Å². The van der Waals surface area contributed by atoms with Gasteiger partial charge in [-0.25, -0.2) is 0 Å². The van der Waals surface area contributed by atoms with Crippen molar-refractivity contribution < 1.29 is 76.8 Å². The number of hydrogen-bond donors (Lipinski definition) is 0. The second-order valence-corrected chi connectivity index (χ2v) is 0. The third kappa shape index (κ3) is 9.07. The Morgan fingerprint density at radius 3 is 1.00 bits per heavy atom. The Morgan fingerprint density at radius 2 is 1.00 bits per heavy atom. The van der Waals surface area contributed by atoms with Gasteiger partial charge in [0.15, 0.2) is 0 Å². The second-order valence-electron chi connectivity index (χ2n) is 0. The van der Waals surface area contributed by atoms with Crippen LogP contribution in [0.25, 0.3) is 0 Å². The summed E-state index contributed by atoms with van der Waals surface area (Å²) in [6.07, 6.45) is 0. The fourth-order valence-electron chi connectivity index (χ4n) is 0. The molecule has 0 saturated heterocycles. The van der Waals surface area contributed by atoms with Gasteiger partial charge in [-0.1, -0.05) is 0 Å². The molecule has 0 rings (SSSR count). The van der Waals surface area contributed by atoms with Crippen molar-refractivity contribution in [1.82, 2.24) is 0 Å². The van der Waals surface area contributed by atoms with Crippen molar-refractivity contribution in [2.45, 2.75) is 0 Å². The smallest absolute Gasteiger partial charge is 0 e. The fraction of sp³-hybridized carbons (Fsp3) is 0. The minimum Gasteiger partial charge on any atom is 0 e. The van der Waals surface area contributed by atoms with Crippen molar-refractivity contribution in [3.05, 3.63) is 0 Å². The van der Waals surface area contributed by atoms with E-state index in [1.807, 2.05) is 0 Å². The summed E-state index contributed by atoms with van der Waals surface area (Å²) in [6.45, 7) is 0. The van der Waals surface area contributed by atoms with Gasteiger partial charge in [-0.3, -0.25) is 0 Å². The van der Waals surface area contributed by atoms with Crippen molar-refractivity contribution in [3.8, 4) is 0 Å². The predicted molar refractivity (Wildman–Crippen MR) is 5.75 cm³/mol. The first kappa shape index (κ1) is 26.0. The average Bonchev–Trinajstić information content (AvgIpc) is 0. The van der Waals surface area contributed by atoms with Crippen molar-refractivity contribution in [2.24, 2.45) is 0 Å². The Morgan fingerprint density at radius 1 is 1.00 bits per heavy atom. The van der Waals surface area contributed by atoms with Crippen molar-refractivity contribution in [2.75, 3.05) is 0 Å². The Kier molecular flexibility index (Phi) is 105. The first-order valence-electron chi connectivity index (χ1n) is 0. The van der Waals surface area contributed by atoms with E-state index in [2.05, 4.69) is 0 Å². The summed E-state index contributed by atoms with van der Waals surface area (Å²) in [5.74, 6) is 0. The maximum Gasteiger partial charge on any atom is 3.00 e. The Balaban J connectivity index is 0. The Labute approximate surface area is 102 Å². The van der Waals surface area contributed by atoms with Gasteiger partial charge in [-0.15, -0.1) is 0 Å². The van der Waals surface area contributed by atoms with Crippen molar-refractivity contribution >= 4 is 27.3 Å². The van der Waals surface area contributed by atoms with E-state index in [0.717, 1.165) is 0 Å². The molecular formula is LaPbTiZn+7. The quantitative estimate of drug-likeness (QED) is 0.434. The molecule has 0 heterocycles. The van der Waals surface area contributed by atoms with Crippen LogP contribution in [0.1, 0.15) is 0 Å². The van der Waals surface area contributed by atoms with Crippen LogP contribution in [-0.4, -0.2) is 27.3 Å². The van der Waals surface area contributed by atoms with E-state index in [1.54, 1.807) is 0 Å². The molecule has 0 aliphatic carbocycles. The molecule has 0 atom stereocenters. The molecule has 0 aromatic carbocycles. The summed E-state index contributed by atoms with van der Waals surface area (Å²) in [7, 11) is 0. The molecule has 0 N–H and O–H groups in total. The molecule has 0 aromatic heterocycles. The third-order valence-corrected chi connectivity index (χ3v) is 0. The van der Waals surface area contributed by atoms with Gasteiger partial charge in [-0.05, 0) is 0 Å². The van der Waals surface area contributed by atoms with E-state index >= 15 is 0 Å². The van der Waals surface area contributed by atoms with E-state index in [0.29, 0.717) is 0 Å². The minimum atomic E-state index is 0. The molecule has 0 nitrogen and oxygen atoms in total. The van der Waals surface area contributed by atoms with Crippen LogP contribution in [0.2, 0.25) is 0 Å². The molecule has 0 bridgehead atoms. The second kappa shape index (κ2) is 16.1. The van der Waals surface area contributed by atoms with Crippen LogP contribution in [0.3, 0.4) is 0 Å². The van der Waals surface area contributed by atoms with E-state index in [9.17, 15) is 0 Å². The van der Waals surface area contributed by atoms with Gasteiger partial charge in [0.1, 0.15) is 0 Å². The predicted octanol–water partition coefficient (Wildman–Crippen LogP) is -0.386. The van der Waals surface area contributed by atoms with Gasteiger partial charge < -0.3 is 0 Å². The van der Waals surface area contributed by atoms with Gasteiger partial charge in [0.25, 0.3) is 0 Å². The molecule has 4 radical (unpaired) electrons. The minimum absolute atomic E-state index is 0. The zero-order chi connectivity index (χ0) is 0. The van der Waals surface area contributed by atoms with E-state index in [-0.39, 0.29) is 104 Å². The van der Waals surface area contributed by atoms with E-state index in [4.69, 9.17) is 0 Å². The molecule has 0 fully saturated rings. The molecule has 0 saturated carbocycles. The molecular weight excluding hydrogens is 459 g/mol. The topological polar surface area (TPSA) is 0 Å². The summed E-state index contributed by atoms with van der Waals surface area (Å²) in [5.41, 5.74) is 0. The van der Waals surface area contributed by atoms with E-state index < -0.39 is 0 Å². The summed E-state index contributed by atoms with van der Waals surface area (Å²) in [6, 6.07) is 0. The normalized spacial score (nSPS) is 0. The zero-order valence-corrected chi connectivity index (χ0v) is 14.3. The monoisotopic (exact) mass is 459 g/mol. The first-order valence-corrected chi connectivity index (χ1v) is 0. The SMILES string of the molecule is [La+3].[Pb].[Ti+2].[Zn+2]. The van der Waals surface area contributed by atoms with Gasteiger partial charge in [0, 0.05) is 27.3 Å². The first-order chi connectivity index (χ1) is 0. The van der Waals surface area contributed by atoms with Gasteiger partial charge in [0.2, 0.25) is 0 Å². The molecule has 0 unspecified atom stereocenters. The van der Waals surface area contributed by atoms with Gasteiger partial charge in [0.05, 0.1) is 0 Å². The van der Waals surface area contributed by atoms with Crippen LogP contribution in [0.5, 0.6) is 0 Å². The van der Waals surface area contributed by atoms with Crippen LogP contribution in [0.15, 0.2) is 0 Å². The standard InChI is InChI=1S/La.Pb.Ti.Zn/q+3;;2*+2. The number of hydrogen-bond acceptors (Lipinski definition) is 0. The molecule has 4 heavy (non-hydrogen) atoms. The van der Waals surface area contributed by atoms with Crippen molar-refractivity contribution in [1.29, 1.82) is 0 Å². The van der Waals surface area contributed by atoms with Gasteiger partial charge in [-0.2, -0.15) is 0 Å². The Bertz CT molecular complexity index is 8.00. The van der Waals surface area contributed by atoms with Crippen LogP contribution in [0, 0.1) is 35.6 Å². The average molecular weight is 459 g/mol. The zero-order valence-electron chi connectivity index (χ0n) is 2.28. The molecule has 0 spiro atoms. The Hall–Kier alpha value is 3.45. The van der Waals surface area contributed by atoms with Crippen LogP contribution in [-0.2, 0) is 41.2 Å². The maximum absolute atomic E-state index is 0. The molecule has 4 heteroatoms. The maximum atomic E-state index is 0. The van der Waals surface area contributed by atoms with Gasteiger partial charge >= 0.3 is 76.8 Å². The largest absolute Gasteiger partial charge is 3.00 e. The van der Waals surface area contributed by atoms with Crippen LogP contribution < -0.4 is 0 Å². The summed E-state index contributed by atoms with van der Waals surface area (Å²) in [4.78, 5) is 0. The van der Waals surface area contributed by atoms with E-state index in [1.165, 1.54) is 0 Å². The molecule has 6 valence electrons. The summed E-state index contributed by atoms with van der Waals surface area (Å²) in [5, 5.41) is 0. The third-order valence-electron chi connectivity index (χ3n) is 0. The molecule has 0 amide bonds. The van der Waals surface area contributed by atoms with Crippen LogP contribution in [0.4, 0.5) is 0 Å². The molecule has 0 aliphatic heterocycles. The fourth-order valence-corrected chi connectivity index (χ4v) is 0. The van der Waals surface area contributed by atoms with Crippen molar-refractivity contribution in [3.63, 3.8) is 0 Å². The number of rotatable bonds is 0. The molecule has 0 aromatic rings. The summed E-state index contributed by atoms with van der Waals surface area (Å²) < 4.78 is 0.